The van der Waals surface area contributed by atoms with Crippen molar-refractivity contribution in [3.63, 3.8) is 0 Å². The Morgan fingerprint density at radius 2 is 1.88 bits per heavy atom. The van der Waals surface area contributed by atoms with Crippen LogP contribution in [-0.4, -0.2) is 49.0 Å². The monoisotopic (exact) mass is 362 g/mol. The number of piperazine rings is 1. The van der Waals surface area contributed by atoms with Crippen molar-refractivity contribution in [1.82, 2.24) is 9.80 Å². The average Bonchev–Trinajstić information content (AvgIpc) is 2.65. The summed E-state index contributed by atoms with van der Waals surface area (Å²) in [6.07, 6.45) is 0. The molecule has 1 aliphatic heterocycles. The van der Waals surface area contributed by atoms with Crippen LogP contribution in [-0.2, 0) is 6.54 Å². The first kappa shape index (κ1) is 17.7. The summed E-state index contributed by atoms with van der Waals surface area (Å²) in [6, 6.07) is 11.9. The number of ether oxygens (including phenoxy) is 1. The van der Waals surface area contributed by atoms with Crippen molar-refractivity contribution in [3.8, 4) is 5.75 Å². The third kappa shape index (κ3) is 4.11. The van der Waals surface area contributed by atoms with Gasteiger partial charge < -0.3 is 9.64 Å². The normalized spacial score (nSPS) is 15.2. The van der Waals surface area contributed by atoms with Crippen LogP contribution in [0.15, 0.2) is 42.5 Å². The molecule has 0 radical (unpaired) electrons. The predicted octanol–water partition coefficient (Wildman–Crippen LogP) is 3.45. The Kier molecular flexibility index (Phi) is 5.56. The maximum Gasteiger partial charge on any atom is 0.254 e. The second kappa shape index (κ2) is 7.85. The third-order valence-corrected chi connectivity index (χ3v) is 4.77. The lowest BCUT2D eigenvalue weighted by atomic mass is 10.1. The molecule has 1 heterocycles. The number of methoxy groups -OCH3 is 1. The van der Waals surface area contributed by atoms with E-state index in [4.69, 9.17) is 16.3 Å². The van der Waals surface area contributed by atoms with E-state index in [0.29, 0.717) is 54.6 Å². The molecule has 0 saturated carbocycles. The average molecular weight is 363 g/mol. The summed E-state index contributed by atoms with van der Waals surface area (Å²) in [6.45, 7) is 3.01. The molecule has 1 fully saturated rings. The molecule has 0 aromatic heterocycles. The maximum absolute atomic E-state index is 13.9. The summed E-state index contributed by atoms with van der Waals surface area (Å²) in [5, 5.41) is 0.440. The Morgan fingerprint density at radius 3 is 2.56 bits per heavy atom. The van der Waals surface area contributed by atoms with Crippen LogP contribution < -0.4 is 4.74 Å². The van der Waals surface area contributed by atoms with Crippen molar-refractivity contribution in [2.75, 3.05) is 33.3 Å². The van der Waals surface area contributed by atoms with Crippen molar-refractivity contribution < 1.29 is 13.9 Å². The highest BCUT2D eigenvalue weighted by atomic mass is 35.5. The number of carbonyl (C=O) groups is 1. The SMILES string of the molecule is COc1cccc(C(=O)N2CCN(Cc3c(F)cccc3Cl)CC2)c1. The molecule has 1 saturated heterocycles. The van der Waals surface area contributed by atoms with Crippen molar-refractivity contribution in [2.24, 2.45) is 0 Å². The molecular weight excluding hydrogens is 343 g/mol. The highest BCUT2D eigenvalue weighted by Crippen LogP contribution is 2.22. The van der Waals surface area contributed by atoms with Gasteiger partial charge in [0.25, 0.3) is 5.91 Å². The Hall–Kier alpha value is -2.11. The summed E-state index contributed by atoms with van der Waals surface area (Å²) >= 11 is 6.09. The Bertz CT molecular complexity index is 741. The van der Waals surface area contributed by atoms with E-state index in [9.17, 15) is 9.18 Å². The topological polar surface area (TPSA) is 32.8 Å². The molecule has 1 amide bonds. The molecular formula is C19H20ClFN2O2. The molecule has 0 N–H and O–H groups in total. The van der Waals surface area contributed by atoms with Crippen LogP contribution in [0.1, 0.15) is 15.9 Å². The smallest absolute Gasteiger partial charge is 0.254 e. The number of rotatable bonds is 4. The Balaban J connectivity index is 1.61. The first-order valence-corrected chi connectivity index (χ1v) is 8.55. The van der Waals surface area contributed by atoms with Crippen LogP contribution in [0.25, 0.3) is 0 Å². The first-order chi connectivity index (χ1) is 12.1. The molecule has 132 valence electrons. The summed E-state index contributed by atoms with van der Waals surface area (Å²) < 4.78 is 19.1. The zero-order valence-corrected chi connectivity index (χ0v) is 14.8. The quantitative estimate of drug-likeness (QED) is 0.835. The molecule has 0 atom stereocenters. The molecule has 2 aromatic carbocycles. The summed E-state index contributed by atoms with van der Waals surface area (Å²) in [5.74, 6) is 0.364. The number of hydrogen-bond donors (Lipinski definition) is 0. The van der Waals surface area contributed by atoms with Gasteiger partial charge in [-0.1, -0.05) is 23.7 Å². The van der Waals surface area contributed by atoms with E-state index in [1.807, 2.05) is 17.0 Å². The van der Waals surface area contributed by atoms with Gasteiger partial charge in [0.05, 0.1) is 7.11 Å². The van der Waals surface area contributed by atoms with Crippen molar-refractivity contribution in [3.05, 3.63) is 64.4 Å². The minimum absolute atomic E-state index is 0.0116. The molecule has 0 aliphatic carbocycles. The van der Waals surface area contributed by atoms with Crippen LogP contribution >= 0.6 is 11.6 Å². The van der Waals surface area contributed by atoms with E-state index < -0.39 is 0 Å². The van der Waals surface area contributed by atoms with E-state index in [-0.39, 0.29) is 11.7 Å². The fourth-order valence-electron chi connectivity index (χ4n) is 2.95. The lowest BCUT2D eigenvalue weighted by molar-refractivity contribution is 0.0626. The predicted molar refractivity (Wildman–Crippen MR) is 95.6 cm³/mol. The van der Waals surface area contributed by atoms with Gasteiger partial charge >= 0.3 is 0 Å². The number of benzene rings is 2. The zero-order valence-electron chi connectivity index (χ0n) is 14.0. The Morgan fingerprint density at radius 1 is 1.16 bits per heavy atom. The molecule has 4 nitrogen and oxygen atoms in total. The second-order valence-electron chi connectivity index (χ2n) is 6.00. The molecule has 25 heavy (non-hydrogen) atoms. The molecule has 0 bridgehead atoms. The van der Waals surface area contributed by atoms with Gasteiger partial charge in [0.15, 0.2) is 0 Å². The van der Waals surface area contributed by atoms with Crippen molar-refractivity contribution in [2.45, 2.75) is 6.54 Å². The van der Waals surface area contributed by atoms with E-state index in [2.05, 4.69) is 4.90 Å². The van der Waals surface area contributed by atoms with Crippen LogP contribution in [0.5, 0.6) is 5.75 Å². The highest BCUT2D eigenvalue weighted by molar-refractivity contribution is 6.31. The molecule has 0 spiro atoms. The van der Waals surface area contributed by atoms with Gasteiger partial charge in [-0.05, 0) is 30.3 Å². The number of amides is 1. The number of halogens is 2. The van der Waals surface area contributed by atoms with Gasteiger partial charge in [0.2, 0.25) is 0 Å². The van der Waals surface area contributed by atoms with Crippen molar-refractivity contribution in [1.29, 1.82) is 0 Å². The van der Waals surface area contributed by atoms with Crippen LogP contribution in [0.2, 0.25) is 5.02 Å². The van der Waals surface area contributed by atoms with E-state index in [1.165, 1.54) is 6.07 Å². The van der Waals surface area contributed by atoms with Gasteiger partial charge in [-0.2, -0.15) is 0 Å². The van der Waals surface area contributed by atoms with Crippen LogP contribution in [0, 0.1) is 5.82 Å². The van der Waals surface area contributed by atoms with E-state index >= 15 is 0 Å². The number of hydrogen-bond acceptors (Lipinski definition) is 3. The van der Waals surface area contributed by atoms with Gasteiger partial charge in [-0.25, -0.2) is 4.39 Å². The fraction of sp³-hybridized carbons (Fsp3) is 0.316. The standard InChI is InChI=1S/C19H20ClFN2O2/c1-25-15-5-2-4-14(12-15)19(24)23-10-8-22(9-11-23)13-16-17(20)6-3-7-18(16)21/h2-7,12H,8-11,13H2,1H3. The summed E-state index contributed by atoms with van der Waals surface area (Å²) in [5.41, 5.74) is 1.13. The molecule has 6 heteroatoms. The van der Waals surface area contributed by atoms with Crippen LogP contribution in [0.3, 0.4) is 0 Å². The zero-order chi connectivity index (χ0) is 17.8. The molecule has 1 aliphatic rings. The van der Waals surface area contributed by atoms with Crippen LogP contribution in [0.4, 0.5) is 4.39 Å². The van der Waals surface area contributed by atoms with Gasteiger partial charge in [0, 0.05) is 48.9 Å². The molecule has 3 rings (SSSR count). The Labute approximate surface area is 151 Å². The third-order valence-electron chi connectivity index (χ3n) is 4.42. The second-order valence-corrected chi connectivity index (χ2v) is 6.41. The largest absolute Gasteiger partial charge is 0.497 e. The van der Waals surface area contributed by atoms with Gasteiger partial charge in [-0.3, -0.25) is 9.69 Å². The van der Waals surface area contributed by atoms with Crippen molar-refractivity contribution >= 4 is 17.5 Å². The lowest BCUT2D eigenvalue weighted by Crippen LogP contribution is -2.48. The van der Waals surface area contributed by atoms with E-state index in [1.54, 1.807) is 31.4 Å². The first-order valence-electron chi connectivity index (χ1n) is 8.17. The minimum Gasteiger partial charge on any atom is -0.497 e. The summed E-state index contributed by atoms with van der Waals surface area (Å²) in [7, 11) is 1.58. The fourth-order valence-corrected chi connectivity index (χ4v) is 3.18. The maximum atomic E-state index is 13.9. The van der Waals surface area contributed by atoms with E-state index in [0.717, 1.165) is 0 Å². The minimum atomic E-state index is -0.289. The number of carbonyl (C=O) groups excluding carboxylic acids is 1. The highest BCUT2D eigenvalue weighted by Gasteiger charge is 2.23. The molecule has 2 aromatic rings. The summed E-state index contributed by atoms with van der Waals surface area (Å²) in [4.78, 5) is 16.5. The molecule has 0 unspecified atom stereocenters. The lowest BCUT2D eigenvalue weighted by Gasteiger charge is -2.35. The number of nitrogens with zero attached hydrogens (tertiary/aromatic N) is 2. The van der Waals surface area contributed by atoms with Gasteiger partial charge in [0.1, 0.15) is 11.6 Å². The van der Waals surface area contributed by atoms with Gasteiger partial charge in [-0.15, -0.1) is 0 Å².